The third-order valence-electron chi connectivity index (χ3n) is 3.10. The molecule has 1 aromatic rings. The molecular weight excluding hydrogens is 294 g/mol. The summed E-state index contributed by atoms with van der Waals surface area (Å²) in [5.74, 6) is 0. The molecule has 4 N–H and O–H groups in total. The van der Waals surface area contributed by atoms with Crippen molar-refractivity contribution in [2.45, 2.75) is 25.0 Å². The van der Waals surface area contributed by atoms with Gasteiger partial charge in [0.15, 0.2) is 6.23 Å². The number of aromatic amines is 1. The molecule has 10 heteroatoms. The largest absolute Gasteiger partial charge is 0.394 e. The van der Waals surface area contributed by atoms with E-state index in [1.807, 2.05) is 4.98 Å². The lowest BCUT2D eigenvalue weighted by atomic mass is 10.1. The molecule has 1 saturated heterocycles. The van der Waals surface area contributed by atoms with Crippen LogP contribution in [0.15, 0.2) is 27.4 Å². The number of hydrogen-bond acceptors (Lipinski definition) is 6. The van der Waals surface area contributed by atoms with Crippen molar-refractivity contribution < 1.29 is 28.8 Å². The summed E-state index contributed by atoms with van der Waals surface area (Å²) in [7, 11) is 0. The van der Waals surface area contributed by atoms with Crippen LogP contribution in [-0.4, -0.2) is 43.7 Å². The molecule has 2 rings (SSSR count). The van der Waals surface area contributed by atoms with Gasteiger partial charge in [0, 0.05) is 6.20 Å². The third kappa shape index (κ3) is 2.65. The number of halogens is 2. The summed E-state index contributed by atoms with van der Waals surface area (Å²) in [6.45, 7) is -1.45. The van der Waals surface area contributed by atoms with Gasteiger partial charge in [-0.05, 0) is 0 Å². The van der Waals surface area contributed by atoms with Crippen LogP contribution in [0.2, 0.25) is 0 Å². The second-order valence-electron chi connectivity index (χ2n) is 4.35. The molecule has 0 radical (unpaired) electrons. The quantitative estimate of drug-likeness (QED) is 0.535. The van der Waals surface area contributed by atoms with E-state index in [0.29, 0.717) is 4.57 Å². The van der Waals surface area contributed by atoms with Crippen LogP contribution < -0.4 is 11.2 Å². The maximum atomic E-state index is 13.0. The first kappa shape index (κ1) is 15.5. The van der Waals surface area contributed by atoms with Crippen LogP contribution in [0.4, 0.5) is 8.78 Å². The van der Waals surface area contributed by atoms with E-state index in [1.54, 1.807) is 0 Å². The highest BCUT2D eigenvalue weighted by Gasteiger charge is 2.43. The Balaban J connectivity index is 2.58. The Hall–Kier alpha value is -1.88. The maximum Gasteiger partial charge on any atom is 0.330 e. The lowest BCUT2D eigenvalue weighted by Gasteiger charge is -2.15. The monoisotopic (exact) mass is 306 g/mol. The highest BCUT2D eigenvalue weighted by Crippen LogP contribution is 2.36. The summed E-state index contributed by atoms with van der Waals surface area (Å²) in [4.78, 5) is 24.9. The lowest BCUT2D eigenvalue weighted by Crippen LogP contribution is -2.34. The van der Waals surface area contributed by atoms with Crippen LogP contribution in [0.1, 0.15) is 11.8 Å². The summed E-state index contributed by atoms with van der Waals surface area (Å²) in [6, 6.07) is 0. The maximum absolute atomic E-state index is 13.0. The van der Waals surface area contributed by atoms with Crippen LogP contribution in [0, 0.1) is 0 Å². The van der Waals surface area contributed by atoms with Gasteiger partial charge in [-0.1, -0.05) is 0 Å². The number of aromatic nitrogens is 2. The van der Waals surface area contributed by atoms with Gasteiger partial charge in [0.05, 0.1) is 24.4 Å². The van der Waals surface area contributed by atoms with Crippen LogP contribution in [0.3, 0.4) is 0 Å². The molecule has 8 nitrogen and oxygen atoms in total. The fourth-order valence-electron chi connectivity index (χ4n) is 2.04. The number of ether oxygens (including phenoxy) is 1. The van der Waals surface area contributed by atoms with Crippen molar-refractivity contribution in [2.24, 2.45) is 0 Å². The minimum atomic E-state index is -2.26. The van der Waals surface area contributed by atoms with E-state index < -0.39 is 54.6 Å². The number of rotatable bonds is 3. The SMILES string of the molecule is O=c1[nH]c(=O)n([C@@H]2O[C@H](CO)[C@@H](O)C2=C(F)F)cc1CO. The number of aliphatic hydroxyl groups excluding tert-OH is 3. The highest BCUT2D eigenvalue weighted by molar-refractivity contribution is 5.20. The van der Waals surface area contributed by atoms with E-state index >= 15 is 0 Å². The molecule has 116 valence electrons. The van der Waals surface area contributed by atoms with Crippen molar-refractivity contribution in [3.05, 3.63) is 44.3 Å². The van der Waals surface area contributed by atoms with Gasteiger partial charge in [-0.15, -0.1) is 0 Å². The van der Waals surface area contributed by atoms with Crippen molar-refractivity contribution in [3.8, 4) is 0 Å². The fraction of sp³-hybridized carbons (Fsp3) is 0.455. The van der Waals surface area contributed by atoms with Crippen LogP contribution in [0.25, 0.3) is 0 Å². The lowest BCUT2D eigenvalue weighted by molar-refractivity contribution is -0.0450. The van der Waals surface area contributed by atoms with Crippen molar-refractivity contribution >= 4 is 0 Å². The summed E-state index contributed by atoms with van der Waals surface area (Å²) >= 11 is 0. The molecular formula is C11H12F2N2O6. The summed E-state index contributed by atoms with van der Waals surface area (Å²) in [5, 5.41) is 27.6. The zero-order valence-electron chi connectivity index (χ0n) is 10.5. The molecule has 0 saturated carbocycles. The van der Waals surface area contributed by atoms with E-state index in [4.69, 9.17) is 14.9 Å². The van der Waals surface area contributed by atoms with E-state index in [2.05, 4.69) is 0 Å². The van der Waals surface area contributed by atoms with Gasteiger partial charge in [-0.3, -0.25) is 14.3 Å². The third-order valence-corrected chi connectivity index (χ3v) is 3.10. The Morgan fingerprint density at radius 3 is 2.57 bits per heavy atom. The molecule has 0 bridgehead atoms. The second kappa shape index (κ2) is 5.85. The number of H-pyrrole nitrogens is 1. The van der Waals surface area contributed by atoms with Crippen LogP contribution in [-0.2, 0) is 11.3 Å². The molecule has 0 aliphatic carbocycles. The molecule has 0 spiro atoms. The second-order valence-corrected chi connectivity index (χ2v) is 4.35. The fourth-order valence-corrected chi connectivity index (χ4v) is 2.04. The Kier molecular flexibility index (Phi) is 4.32. The van der Waals surface area contributed by atoms with E-state index in [0.717, 1.165) is 6.20 Å². The summed E-state index contributed by atoms with van der Waals surface area (Å²) < 4.78 is 31.5. The topological polar surface area (TPSA) is 125 Å². The van der Waals surface area contributed by atoms with Crippen molar-refractivity contribution in [1.82, 2.24) is 9.55 Å². The molecule has 1 aromatic heterocycles. The number of nitrogens with zero attached hydrogens (tertiary/aromatic N) is 1. The highest BCUT2D eigenvalue weighted by atomic mass is 19.3. The van der Waals surface area contributed by atoms with Gasteiger partial charge >= 0.3 is 5.69 Å². The van der Waals surface area contributed by atoms with Gasteiger partial charge in [0.1, 0.15) is 12.2 Å². The minimum Gasteiger partial charge on any atom is -0.394 e. The average molecular weight is 306 g/mol. The van der Waals surface area contributed by atoms with E-state index in [-0.39, 0.29) is 5.56 Å². The van der Waals surface area contributed by atoms with Crippen molar-refractivity contribution in [1.29, 1.82) is 0 Å². The number of aliphatic hydroxyl groups is 3. The smallest absolute Gasteiger partial charge is 0.330 e. The Labute approximate surface area is 115 Å². The van der Waals surface area contributed by atoms with Gasteiger partial charge in [0.2, 0.25) is 0 Å². The first-order valence-corrected chi connectivity index (χ1v) is 5.85. The summed E-state index contributed by atoms with van der Waals surface area (Å²) in [6.07, 6.45) is -6.20. The number of nitrogens with one attached hydrogen (secondary N) is 1. The van der Waals surface area contributed by atoms with Gasteiger partial charge in [-0.2, -0.15) is 8.78 Å². The number of hydrogen-bond donors (Lipinski definition) is 4. The first-order chi connectivity index (χ1) is 9.90. The van der Waals surface area contributed by atoms with Crippen LogP contribution in [0.5, 0.6) is 0 Å². The Bertz CT molecular complexity index is 678. The molecule has 1 aliphatic heterocycles. The first-order valence-electron chi connectivity index (χ1n) is 5.85. The Morgan fingerprint density at radius 1 is 1.38 bits per heavy atom. The molecule has 3 atom stereocenters. The molecule has 0 amide bonds. The van der Waals surface area contributed by atoms with Gasteiger partial charge in [0.25, 0.3) is 11.6 Å². The van der Waals surface area contributed by atoms with E-state index in [9.17, 15) is 23.5 Å². The Morgan fingerprint density at radius 2 is 2.05 bits per heavy atom. The van der Waals surface area contributed by atoms with E-state index in [1.165, 1.54) is 0 Å². The standard InChI is InChI=1S/C11H12F2N2O6/c12-8(13)6-7(18)5(3-17)21-10(6)15-1-4(2-16)9(19)14-11(15)20/h1,5,7,10,16-18H,2-3H2,(H,14,19,20)/t5-,7-,10-/m1/s1. The normalized spacial score (nSPS) is 25.4. The molecule has 0 aromatic carbocycles. The zero-order chi connectivity index (χ0) is 15.7. The minimum absolute atomic E-state index is 0.237. The van der Waals surface area contributed by atoms with Crippen molar-refractivity contribution in [2.75, 3.05) is 6.61 Å². The molecule has 2 heterocycles. The average Bonchev–Trinajstić information content (AvgIpc) is 2.75. The molecule has 1 aliphatic rings. The predicted octanol–water partition coefficient (Wildman–Crippen LogP) is -1.57. The molecule has 1 fully saturated rings. The summed E-state index contributed by atoms with van der Waals surface area (Å²) in [5.41, 5.74) is -3.03. The predicted molar refractivity (Wildman–Crippen MR) is 63.5 cm³/mol. The van der Waals surface area contributed by atoms with Gasteiger partial charge in [-0.25, -0.2) is 4.79 Å². The molecule has 0 unspecified atom stereocenters. The van der Waals surface area contributed by atoms with Crippen LogP contribution >= 0.6 is 0 Å². The van der Waals surface area contributed by atoms with Gasteiger partial charge < -0.3 is 20.1 Å². The zero-order valence-corrected chi connectivity index (χ0v) is 10.5. The van der Waals surface area contributed by atoms with Crippen molar-refractivity contribution in [3.63, 3.8) is 0 Å². The molecule has 21 heavy (non-hydrogen) atoms.